The molecule has 6 rings (SSSR count). The highest BCUT2D eigenvalue weighted by Crippen LogP contribution is 2.44. The van der Waals surface area contributed by atoms with Gasteiger partial charge in [-0.15, -0.1) is 0 Å². The second kappa shape index (κ2) is 9.38. The lowest BCUT2D eigenvalue weighted by atomic mass is 9.71. The number of amides is 2. The summed E-state index contributed by atoms with van der Waals surface area (Å²) in [6, 6.07) is 9.47. The van der Waals surface area contributed by atoms with E-state index in [2.05, 4.69) is 26.2 Å². The van der Waals surface area contributed by atoms with E-state index < -0.39 is 10.8 Å². The summed E-state index contributed by atoms with van der Waals surface area (Å²) >= 11 is 0. The molecule has 5 heterocycles. The number of anilines is 2. The molecule has 0 saturated carbocycles. The Morgan fingerprint density at radius 3 is 2.37 bits per heavy atom. The van der Waals surface area contributed by atoms with E-state index in [0.29, 0.717) is 18.3 Å². The number of fused-ring (bicyclic) bond motifs is 1. The highest BCUT2D eigenvalue weighted by molar-refractivity contribution is 6.03. The Kier molecular flexibility index (Phi) is 6.00. The zero-order chi connectivity index (χ0) is 26.4. The van der Waals surface area contributed by atoms with Crippen LogP contribution in [0.25, 0.3) is 10.9 Å². The molecule has 0 bridgehead atoms. The number of para-hydroxylation sites is 1. The van der Waals surface area contributed by atoms with Crippen LogP contribution in [0.2, 0.25) is 0 Å². The maximum Gasteiger partial charge on any atom is 0.363 e. The van der Waals surface area contributed by atoms with E-state index in [-0.39, 0.29) is 17.6 Å². The molecule has 3 aliphatic heterocycles. The number of imide groups is 1. The standard InChI is InChI=1S/C27H31N7O4/c1-31-25-19(24(30-31)20-6-8-23(35)29-26(20)36)3-2-4-21(25)33-15-11-27(12-16-33)9-13-32(14-10-27)18-5-7-22(28-17-18)34(37)38/h2-5,7,17,20H,6,8-16H2,1H3,(H,29,35,36). The SMILES string of the molecule is Cn1nc(C2CCC(=O)NC2=O)c2cccc(N3CCC4(CCN(c5ccc([N+](=O)[O-])nc5)CC4)CC3)c21. The zero-order valence-electron chi connectivity index (χ0n) is 21.4. The molecule has 11 nitrogen and oxygen atoms in total. The van der Waals surface area contributed by atoms with Crippen molar-refractivity contribution in [2.24, 2.45) is 12.5 Å². The minimum atomic E-state index is -0.468. The van der Waals surface area contributed by atoms with Gasteiger partial charge in [-0.2, -0.15) is 5.10 Å². The number of nitro groups is 1. The van der Waals surface area contributed by atoms with Crippen LogP contribution in [0.1, 0.15) is 50.1 Å². The van der Waals surface area contributed by atoms with Crippen molar-refractivity contribution < 1.29 is 14.5 Å². The number of aryl methyl sites for hydroxylation is 1. The molecule has 0 radical (unpaired) electrons. The van der Waals surface area contributed by atoms with Crippen LogP contribution < -0.4 is 15.1 Å². The third-order valence-electron chi connectivity index (χ3n) is 8.71. The molecule has 0 aliphatic carbocycles. The summed E-state index contributed by atoms with van der Waals surface area (Å²) < 4.78 is 1.88. The summed E-state index contributed by atoms with van der Waals surface area (Å²) in [7, 11) is 1.93. The number of nitrogens with one attached hydrogen (secondary N) is 1. The van der Waals surface area contributed by atoms with Gasteiger partial charge in [-0.25, -0.2) is 0 Å². The molecule has 3 saturated heterocycles. The summed E-state index contributed by atoms with van der Waals surface area (Å²) in [5.41, 5.74) is 4.16. The van der Waals surface area contributed by atoms with E-state index in [9.17, 15) is 19.7 Å². The summed E-state index contributed by atoms with van der Waals surface area (Å²) in [6.45, 7) is 3.76. The molecule has 3 aromatic rings. The first kappa shape index (κ1) is 24.3. The van der Waals surface area contributed by atoms with Gasteiger partial charge in [-0.1, -0.05) is 12.1 Å². The molecule has 38 heavy (non-hydrogen) atoms. The van der Waals surface area contributed by atoms with Crippen LogP contribution in [0.5, 0.6) is 0 Å². The minimum Gasteiger partial charge on any atom is -0.370 e. The van der Waals surface area contributed by atoms with Crippen molar-refractivity contribution >= 4 is 39.9 Å². The fraction of sp³-hybridized carbons (Fsp3) is 0.481. The minimum absolute atomic E-state index is 0.123. The lowest BCUT2D eigenvalue weighted by molar-refractivity contribution is -0.389. The molecule has 3 aliphatic rings. The first-order chi connectivity index (χ1) is 18.3. The largest absolute Gasteiger partial charge is 0.370 e. The molecule has 198 valence electrons. The lowest BCUT2D eigenvalue weighted by Gasteiger charge is -2.47. The van der Waals surface area contributed by atoms with Crippen molar-refractivity contribution in [2.75, 3.05) is 36.0 Å². The van der Waals surface area contributed by atoms with E-state index in [1.165, 1.54) is 6.07 Å². The molecule has 1 N–H and O–H groups in total. The maximum absolute atomic E-state index is 12.5. The van der Waals surface area contributed by atoms with Crippen LogP contribution in [0, 0.1) is 15.5 Å². The van der Waals surface area contributed by atoms with Crippen LogP contribution in [0.3, 0.4) is 0 Å². The number of nitrogens with zero attached hydrogens (tertiary/aromatic N) is 6. The van der Waals surface area contributed by atoms with Crippen LogP contribution in [0.15, 0.2) is 36.5 Å². The maximum atomic E-state index is 12.5. The van der Waals surface area contributed by atoms with Crippen molar-refractivity contribution in [3.63, 3.8) is 0 Å². The van der Waals surface area contributed by atoms with Crippen LogP contribution >= 0.6 is 0 Å². The Balaban J connectivity index is 1.15. The van der Waals surface area contributed by atoms with Crippen molar-refractivity contribution in [1.82, 2.24) is 20.1 Å². The third kappa shape index (κ3) is 4.25. The second-order valence-electron chi connectivity index (χ2n) is 10.8. The first-order valence-corrected chi connectivity index (χ1v) is 13.2. The normalized spacial score (nSPS) is 21.7. The van der Waals surface area contributed by atoms with Crippen molar-refractivity contribution in [3.05, 3.63) is 52.3 Å². The molecule has 1 aromatic carbocycles. The fourth-order valence-electron chi connectivity index (χ4n) is 6.45. The Morgan fingerprint density at radius 1 is 1.03 bits per heavy atom. The number of aromatic nitrogens is 3. The predicted molar refractivity (Wildman–Crippen MR) is 142 cm³/mol. The van der Waals surface area contributed by atoms with Gasteiger partial charge in [0.05, 0.1) is 28.5 Å². The third-order valence-corrected chi connectivity index (χ3v) is 8.71. The fourth-order valence-corrected chi connectivity index (χ4v) is 6.45. The number of hydrogen-bond donors (Lipinski definition) is 1. The summed E-state index contributed by atoms with van der Waals surface area (Å²) in [5, 5.41) is 19.1. The summed E-state index contributed by atoms with van der Waals surface area (Å²) in [4.78, 5) is 43.3. The molecule has 1 spiro atoms. The van der Waals surface area contributed by atoms with Gasteiger partial charge in [0, 0.05) is 51.1 Å². The molecule has 2 aromatic heterocycles. The van der Waals surface area contributed by atoms with Crippen LogP contribution in [-0.4, -0.2) is 57.7 Å². The van der Waals surface area contributed by atoms with Crippen LogP contribution in [-0.2, 0) is 16.6 Å². The molecular weight excluding hydrogens is 486 g/mol. The summed E-state index contributed by atoms with van der Waals surface area (Å²) in [6.07, 6.45) is 6.82. The van der Waals surface area contributed by atoms with Gasteiger partial charge in [-0.05, 0) is 59.6 Å². The predicted octanol–water partition coefficient (Wildman–Crippen LogP) is 3.28. The number of carbonyl (C=O) groups is 2. The van der Waals surface area contributed by atoms with Gasteiger partial charge in [0.15, 0.2) is 6.20 Å². The van der Waals surface area contributed by atoms with Gasteiger partial charge >= 0.3 is 5.82 Å². The van der Waals surface area contributed by atoms with Gasteiger partial charge in [0.2, 0.25) is 11.8 Å². The first-order valence-electron chi connectivity index (χ1n) is 13.2. The van der Waals surface area contributed by atoms with Crippen molar-refractivity contribution in [2.45, 2.75) is 44.4 Å². The quantitative estimate of drug-likeness (QED) is 0.317. The molecule has 1 unspecified atom stereocenters. The Bertz CT molecular complexity index is 1400. The van der Waals surface area contributed by atoms with Crippen molar-refractivity contribution in [1.29, 1.82) is 0 Å². The number of rotatable bonds is 4. The number of benzene rings is 1. The topological polar surface area (TPSA) is 127 Å². The van der Waals surface area contributed by atoms with E-state index in [0.717, 1.165) is 79.8 Å². The molecule has 3 fully saturated rings. The van der Waals surface area contributed by atoms with Crippen LogP contribution in [0.4, 0.5) is 17.2 Å². The van der Waals surface area contributed by atoms with Gasteiger partial charge in [-0.3, -0.25) is 19.6 Å². The number of hydrogen-bond acceptors (Lipinski definition) is 8. The monoisotopic (exact) mass is 517 g/mol. The second-order valence-corrected chi connectivity index (χ2v) is 10.8. The van der Waals surface area contributed by atoms with Gasteiger partial charge < -0.3 is 19.9 Å². The van der Waals surface area contributed by atoms with Gasteiger partial charge in [0.1, 0.15) is 0 Å². The van der Waals surface area contributed by atoms with E-state index in [1.54, 1.807) is 12.3 Å². The number of carbonyl (C=O) groups excluding carboxylic acids is 2. The lowest BCUT2D eigenvalue weighted by Crippen LogP contribution is -2.47. The average molecular weight is 518 g/mol. The number of piperidine rings is 3. The highest BCUT2D eigenvalue weighted by Gasteiger charge is 2.39. The average Bonchev–Trinajstić information content (AvgIpc) is 3.26. The highest BCUT2D eigenvalue weighted by atomic mass is 16.6. The van der Waals surface area contributed by atoms with E-state index in [1.807, 2.05) is 23.9 Å². The smallest absolute Gasteiger partial charge is 0.363 e. The molecular formula is C27H31N7O4. The summed E-state index contributed by atoms with van der Waals surface area (Å²) in [5.74, 6) is -1.01. The Labute approximate surface area is 219 Å². The van der Waals surface area contributed by atoms with Crippen molar-refractivity contribution in [3.8, 4) is 0 Å². The van der Waals surface area contributed by atoms with E-state index >= 15 is 0 Å². The Hall–Kier alpha value is -4.02. The number of pyridine rings is 1. The zero-order valence-corrected chi connectivity index (χ0v) is 21.4. The molecule has 1 atom stereocenters. The molecule has 2 amide bonds. The Morgan fingerprint density at radius 2 is 1.74 bits per heavy atom. The van der Waals surface area contributed by atoms with E-state index in [4.69, 9.17) is 5.10 Å². The molecule has 11 heteroatoms. The van der Waals surface area contributed by atoms with Gasteiger partial charge in [0.25, 0.3) is 0 Å².